The number of nitrogens with zero attached hydrogens (tertiary/aromatic N) is 5. The summed E-state index contributed by atoms with van der Waals surface area (Å²) in [7, 11) is 0. The van der Waals surface area contributed by atoms with Crippen molar-refractivity contribution in [1.82, 2.24) is 15.3 Å². The number of halogens is 3. The predicted octanol–water partition coefficient (Wildman–Crippen LogP) is 5.28. The number of benzene rings is 2. The van der Waals surface area contributed by atoms with E-state index in [1.54, 1.807) is 18.3 Å². The van der Waals surface area contributed by atoms with Gasteiger partial charge in [0.15, 0.2) is 0 Å². The summed E-state index contributed by atoms with van der Waals surface area (Å²) in [6, 6.07) is 7.38. The Labute approximate surface area is 219 Å². The van der Waals surface area contributed by atoms with Crippen LogP contribution in [0.25, 0.3) is 21.7 Å². The summed E-state index contributed by atoms with van der Waals surface area (Å²) in [5.41, 5.74) is 16.4. The molecule has 186 valence electrons. The van der Waals surface area contributed by atoms with E-state index in [9.17, 15) is 9.18 Å². The number of aromatic nitrogens is 2. The fraction of sp³-hybridized carbons (Fsp3) is 0.292. The van der Waals surface area contributed by atoms with Crippen LogP contribution in [-0.4, -0.2) is 35.6 Å². The highest BCUT2D eigenvalue weighted by atomic mass is 127. The first-order valence-electron chi connectivity index (χ1n) is 11.1. The van der Waals surface area contributed by atoms with Gasteiger partial charge in [-0.1, -0.05) is 11.2 Å². The normalized spacial score (nSPS) is 14.6. The molecular formula is C24H22F2IN7O2. The monoisotopic (exact) mass is 605 g/mol. The fourth-order valence-corrected chi connectivity index (χ4v) is 4.68. The predicted molar refractivity (Wildman–Crippen MR) is 138 cm³/mol. The number of rotatable bonds is 7. The molecule has 1 saturated heterocycles. The lowest BCUT2D eigenvalue weighted by atomic mass is 9.96. The molecule has 2 aromatic carbocycles. The lowest BCUT2D eigenvalue weighted by Gasteiger charge is -2.22. The van der Waals surface area contributed by atoms with Gasteiger partial charge in [-0.05, 0) is 76.9 Å². The van der Waals surface area contributed by atoms with Gasteiger partial charge in [-0.3, -0.25) is 4.79 Å². The molecule has 3 aromatic rings. The standard InChI is InChI=1S/C24H22F2IN7O2/c25-16-7-15(8-17(27)10-16)21(12-31-34-29)33-24(35)18-2-1-14(9-19(18)26)22-23(28)30-11-20(32-22)13-3-5-36-6-4-13/h1-2,7-11,13,21H,3-6,12H2,(H2,28,30)(H,33,35). The van der Waals surface area contributed by atoms with Gasteiger partial charge in [0.2, 0.25) is 0 Å². The Kier molecular flexibility index (Phi) is 8.28. The molecular weight excluding hydrogens is 583 g/mol. The van der Waals surface area contributed by atoms with E-state index in [0.717, 1.165) is 18.5 Å². The molecule has 1 aliphatic heterocycles. The van der Waals surface area contributed by atoms with E-state index in [1.807, 2.05) is 22.6 Å². The summed E-state index contributed by atoms with van der Waals surface area (Å²) in [5.74, 6) is -1.71. The first-order valence-corrected chi connectivity index (χ1v) is 12.2. The molecule has 0 radical (unpaired) electrons. The van der Waals surface area contributed by atoms with Gasteiger partial charge in [0.1, 0.15) is 23.1 Å². The molecule has 3 N–H and O–H groups in total. The van der Waals surface area contributed by atoms with Gasteiger partial charge in [-0.25, -0.2) is 18.7 Å². The summed E-state index contributed by atoms with van der Waals surface area (Å²) >= 11 is 1.94. The zero-order valence-corrected chi connectivity index (χ0v) is 21.2. The van der Waals surface area contributed by atoms with Crippen molar-refractivity contribution in [3.63, 3.8) is 0 Å². The second-order valence-corrected chi connectivity index (χ2v) is 9.50. The van der Waals surface area contributed by atoms with Crippen LogP contribution in [0, 0.1) is 15.2 Å². The maximum atomic E-state index is 15.1. The zero-order valence-electron chi connectivity index (χ0n) is 19.0. The highest BCUT2D eigenvalue weighted by Crippen LogP contribution is 2.30. The van der Waals surface area contributed by atoms with Gasteiger partial charge in [0, 0.05) is 33.2 Å². The van der Waals surface area contributed by atoms with Crippen LogP contribution in [0.3, 0.4) is 0 Å². The third kappa shape index (κ3) is 6.07. The van der Waals surface area contributed by atoms with Gasteiger partial charge < -0.3 is 15.8 Å². The number of carbonyl (C=O) groups is 1. The third-order valence-electron chi connectivity index (χ3n) is 5.87. The van der Waals surface area contributed by atoms with E-state index in [-0.39, 0.29) is 23.8 Å². The van der Waals surface area contributed by atoms with Crippen molar-refractivity contribution in [2.45, 2.75) is 24.8 Å². The molecule has 1 aliphatic rings. The Balaban J connectivity index is 1.59. The number of hydrogen-bond donors (Lipinski definition) is 2. The second-order valence-electron chi connectivity index (χ2n) is 8.25. The first kappa shape index (κ1) is 25.7. The zero-order chi connectivity index (χ0) is 25.7. The summed E-state index contributed by atoms with van der Waals surface area (Å²) < 4.78 is 35.0. The van der Waals surface area contributed by atoms with Gasteiger partial charge >= 0.3 is 0 Å². The van der Waals surface area contributed by atoms with Crippen molar-refractivity contribution in [2.24, 2.45) is 5.11 Å². The van der Waals surface area contributed by atoms with Crippen LogP contribution in [0.1, 0.15) is 46.4 Å². The number of ether oxygens (including phenoxy) is 1. The largest absolute Gasteiger partial charge is 0.382 e. The van der Waals surface area contributed by atoms with Crippen LogP contribution in [-0.2, 0) is 4.74 Å². The van der Waals surface area contributed by atoms with E-state index < -0.39 is 23.6 Å². The van der Waals surface area contributed by atoms with Crippen LogP contribution in [0.15, 0.2) is 47.7 Å². The number of amides is 1. The molecule has 9 nitrogen and oxygen atoms in total. The molecule has 1 fully saturated rings. The fourth-order valence-electron chi connectivity index (χ4n) is 4.03. The van der Waals surface area contributed by atoms with Crippen molar-refractivity contribution in [3.8, 4) is 11.3 Å². The van der Waals surface area contributed by atoms with Crippen molar-refractivity contribution in [3.05, 3.63) is 85.1 Å². The van der Waals surface area contributed by atoms with Crippen molar-refractivity contribution in [2.75, 3.05) is 25.5 Å². The quantitative estimate of drug-likeness (QED) is 0.163. The minimum atomic E-state index is -0.852. The summed E-state index contributed by atoms with van der Waals surface area (Å²) in [5, 5.41) is 6.12. The molecule has 1 amide bonds. The topological polar surface area (TPSA) is 139 Å². The summed E-state index contributed by atoms with van der Waals surface area (Å²) in [6.45, 7) is 1.10. The highest BCUT2D eigenvalue weighted by Gasteiger charge is 2.22. The molecule has 0 bridgehead atoms. The van der Waals surface area contributed by atoms with Crippen LogP contribution in [0.5, 0.6) is 0 Å². The second kappa shape index (κ2) is 11.6. The minimum Gasteiger partial charge on any atom is -0.382 e. The van der Waals surface area contributed by atoms with Gasteiger partial charge in [0.25, 0.3) is 5.91 Å². The molecule has 0 saturated carbocycles. The molecule has 1 unspecified atom stereocenters. The highest BCUT2D eigenvalue weighted by molar-refractivity contribution is 14.1. The van der Waals surface area contributed by atoms with E-state index in [0.29, 0.717) is 33.6 Å². The number of azide groups is 1. The van der Waals surface area contributed by atoms with Gasteiger partial charge in [0.05, 0.1) is 30.0 Å². The van der Waals surface area contributed by atoms with Crippen molar-refractivity contribution in [1.29, 1.82) is 0 Å². The van der Waals surface area contributed by atoms with Gasteiger partial charge in [-0.2, -0.15) is 0 Å². The number of nitrogens with one attached hydrogen (secondary N) is 1. The van der Waals surface area contributed by atoms with E-state index >= 15 is 4.39 Å². The molecule has 12 heteroatoms. The molecule has 1 atom stereocenters. The molecule has 2 heterocycles. The number of hydrogen-bond acceptors (Lipinski definition) is 6. The Bertz CT molecular complexity index is 1310. The minimum absolute atomic E-state index is 0.151. The van der Waals surface area contributed by atoms with E-state index in [1.165, 1.54) is 24.3 Å². The lowest BCUT2D eigenvalue weighted by Crippen LogP contribution is -2.31. The molecule has 1 aromatic heterocycles. The average molecular weight is 605 g/mol. The maximum absolute atomic E-state index is 15.1. The average Bonchev–Trinajstić information content (AvgIpc) is 2.86. The van der Waals surface area contributed by atoms with Crippen molar-refractivity contribution < 1.29 is 18.3 Å². The third-order valence-corrected chi connectivity index (χ3v) is 6.49. The number of anilines is 1. The maximum Gasteiger partial charge on any atom is 0.254 e. The number of nitrogens with two attached hydrogens (primary N) is 1. The first-order chi connectivity index (χ1) is 17.4. The Hall–Kier alpha value is -3.35. The summed E-state index contributed by atoms with van der Waals surface area (Å²) in [6.07, 6.45) is 3.25. The summed E-state index contributed by atoms with van der Waals surface area (Å²) in [4.78, 5) is 24.5. The van der Waals surface area contributed by atoms with E-state index in [4.69, 9.17) is 16.0 Å². The number of nitrogen functional groups attached to an aromatic ring is 1. The van der Waals surface area contributed by atoms with Crippen LogP contribution in [0.2, 0.25) is 0 Å². The Morgan fingerprint density at radius 3 is 2.75 bits per heavy atom. The van der Waals surface area contributed by atoms with E-state index in [2.05, 4.69) is 25.3 Å². The number of carbonyl (C=O) groups excluding carboxylic acids is 1. The molecule has 36 heavy (non-hydrogen) atoms. The molecule has 4 rings (SSSR count). The molecule has 0 spiro atoms. The SMILES string of the molecule is [N-]=[N+]=NCC(NC(=O)c1ccc(-c2nc(C3CCOCC3)cnc2N)cc1F)c1cc(F)cc(I)c1. The van der Waals surface area contributed by atoms with Crippen LogP contribution >= 0.6 is 22.6 Å². The Morgan fingerprint density at radius 2 is 2.06 bits per heavy atom. The van der Waals surface area contributed by atoms with Crippen LogP contribution in [0.4, 0.5) is 14.6 Å². The smallest absolute Gasteiger partial charge is 0.254 e. The van der Waals surface area contributed by atoms with Gasteiger partial charge in [-0.15, -0.1) is 0 Å². The van der Waals surface area contributed by atoms with Crippen LogP contribution < -0.4 is 11.1 Å². The lowest BCUT2D eigenvalue weighted by molar-refractivity contribution is 0.0844. The molecule has 0 aliphatic carbocycles. The van der Waals surface area contributed by atoms with Crippen molar-refractivity contribution >= 4 is 34.3 Å². The Morgan fingerprint density at radius 1 is 1.28 bits per heavy atom.